The quantitative estimate of drug-likeness (QED) is 0.861. The Bertz CT molecular complexity index is 672. The van der Waals surface area contributed by atoms with Gasteiger partial charge in [0.1, 0.15) is 12.4 Å². The first-order valence-corrected chi connectivity index (χ1v) is 7.80. The first kappa shape index (κ1) is 18.4. The van der Waals surface area contributed by atoms with Gasteiger partial charge in [-0.3, -0.25) is 4.79 Å². The third-order valence-electron chi connectivity index (χ3n) is 3.96. The van der Waals surface area contributed by atoms with Crippen LogP contribution in [0.25, 0.3) is 11.5 Å². The van der Waals surface area contributed by atoms with Gasteiger partial charge in [-0.15, -0.1) is 12.4 Å². The molecule has 3 rings (SSSR count). The number of amides is 1. The van der Waals surface area contributed by atoms with Gasteiger partial charge >= 0.3 is 0 Å². The highest BCUT2D eigenvalue weighted by molar-refractivity contribution is 5.85. The molecule has 1 aromatic carbocycles. The standard InChI is InChI=1S/C17H21N3O3.ClH/c1-11-2-4-12(5-3-11)17-20-13(10-22-17)9-19-16(21)15-7-6-14(8-18)23-15;/h2-5,10,14-15H,6-9,18H2,1H3,(H,19,21);1H/t14-,15+;/m1./s1. The Morgan fingerprint density at radius 1 is 1.33 bits per heavy atom. The van der Waals surface area contributed by atoms with Gasteiger partial charge in [0.25, 0.3) is 0 Å². The van der Waals surface area contributed by atoms with E-state index in [2.05, 4.69) is 10.3 Å². The normalized spacial score (nSPS) is 19.8. The van der Waals surface area contributed by atoms with Crippen molar-refractivity contribution in [1.29, 1.82) is 0 Å². The maximum absolute atomic E-state index is 12.1. The number of benzene rings is 1. The van der Waals surface area contributed by atoms with Crippen LogP contribution in [0.3, 0.4) is 0 Å². The van der Waals surface area contributed by atoms with E-state index < -0.39 is 6.10 Å². The zero-order valence-corrected chi connectivity index (χ0v) is 14.3. The Morgan fingerprint density at radius 3 is 2.75 bits per heavy atom. The van der Waals surface area contributed by atoms with Gasteiger partial charge in [-0.05, 0) is 31.9 Å². The molecule has 0 saturated carbocycles. The molecule has 1 fully saturated rings. The Kier molecular flexibility index (Phi) is 6.36. The van der Waals surface area contributed by atoms with E-state index in [1.54, 1.807) is 6.26 Å². The topological polar surface area (TPSA) is 90.4 Å². The average molecular weight is 352 g/mol. The van der Waals surface area contributed by atoms with Crippen LogP contribution in [0, 0.1) is 6.92 Å². The van der Waals surface area contributed by atoms with Gasteiger partial charge in [-0.2, -0.15) is 0 Å². The fourth-order valence-electron chi connectivity index (χ4n) is 2.58. The number of rotatable bonds is 5. The van der Waals surface area contributed by atoms with E-state index in [4.69, 9.17) is 14.9 Å². The molecule has 2 atom stereocenters. The minimum atomic E-state index is -0.410. The molecule has 0 radical (unpaired) electrons. The van der Waals surface area contributed by atoms with Gasteiger partial charge in [-0.25, -0.2) is 4.98 Å². The number of ether oxygens (including phenoxy) is 1. The molecule has 6 nitrogen and oxygen atoms in total. The van der Waals surface area contributed by atoms with Crippen molar-refractivity contribution in [2.24, 2.45) is 5.73 Å². The molecule has 24 heavy (non-hydrogen) atoms. The van der Waals surface area contributed by atoms with E-state index in [1.807, 2.05) is 31.2 Å². The van der Waals surface area contributed by atoms with Crippen molar-refractivity contribution >= 4 is 18.3 Å². The van der Waals surface area contributed by atoms with Crippen LogP contribution in [-0.4, -0.2) is 29.6 Å². The van der Waals surface area contributed by atoms with E-state index in [-0.39, 0.29) is 24.4 Å². The second-order valence-electron chi connectivity index (χ2n) is 5.79. The number of carbonyl (C=O) groups excluding carboxylic acids is 1. The molecule has 0 bridgehead atoms. The second kappa shape index (κ2) is 8.28. The summed E-state index contributed by atoms with van der Waals surface area (Å²) in [4.78, 5) is 16.5. The van der Waals surface area contributed by atoms with E-state index in [0.717, 1.165) is 12.0 Å². The van der Waals surface area contributed by atoms with Crippen LogP contribution in [0.5, 0.6) is 0 Å². The fraction of sp³-hybridized carbons (Fsp3) is 0.412. The Labute approximate surface area is 147 Å². The van der Waals surface area contributed by atoms with Gasteiger partial charge in [-0.1, -0.05) is 17.7 Å². The fourth-order valence-corrected chi connectivity index (χ4v) is 2.58. The van der Waals surface area contributed by atoms with Crippen LogP contribution in [0.2, 0.25) is 0 Å². The average Bonchev–Trinajstić information content (AvgIpc) is 3.22. The molecule has 0 unspecified atom stereocenters. The molecule has 3 N–H and O–H groups in total. The molecule has 0 aliphatic carbocycles. The lowest BCUT2D eigenvalue weighted by molar-refractivity contribution is -0.132. The molecule has 1 saturated heterocycles. The molecule has 1 amide bonds. The van der Waals surface area contributed by atoms with Gasteiger partial charge in [0.15, 0.2) is 0 Å². The van der Waals surface area contributed by atoms with E-state index in [0.29, 0.717) is 31.1 Å². The lowest BCUT2D eigenvalue weighted by atomic mass is 10.1. The van der Waals surface area contributed by atoms with Gasteiger partial charge < -0.3 is 20.2 Å². The van der Waals surface area contributed by atoms with Crippen molar-refractivity contribution in [2.75, 3.05) is 6.54 Å². The Morgan fingerprint density at radius 2 is 2.08 bits per heavy atom. The molecule has 7 heteroatoms. The lowest BCUT2D eigenvalue weighted by Crippen LogP contribution is -2.35. The number of carbonyl (C=O) groups is 1. The van der Waals surface area contributed by atoms with Crippen molar-refractivity contribution < 1.29 is 13.9 Å². The van der Waals surface area contributed by atoms with Crippen LogP contribution >= 0.6 is 12.4 Å². The molecule has 1 aliphatic heterocycles. The van der Waals surface area contributed by atoms with Crippen LogP contribution in [0.4, 0.5) is 0 Å². The highest BCUT2D eigenvalue weighted by Crippen LogP contribution is 2.20. The molecular weight excluding hydrogens is 330 g/mol. The van der Waals surface area contributed by atoms with Crippen LogP contribution in [0.1, 0.15) is 24.1 Å². The number of nitrogens with one attached hydrogen (secondary N) is 1. The van der Waals surface area contributed by atoms with Gasteiger partial charge in [0.2, 0.25) is 11.8 Å². The predicted octanol–water partition coefficient (Wildman–Crippen LogP) is 2.19. The Balaban J connectivity index is 0.00000208. The number of halogens is 1. The summed E-state index contributed by atoms with van der Waals surface area (Å²) in [6.45, 7) is 2.80. The zero-order valence-electron chi connectivity index (χ0n) is 13.5. The SMILES string of the molecule is Cc1ccc(-c2nc(CNC(=O)[C@@H]3CC[C@H](CN)O3)co2)cc1.Cl. The maximum Gasteiger partial charge on any atom is 0.249 e. The molecule has 0 spiro atoms. The van der Waals surface area contributed by atoms with Crippen molar-refractivity contribution in [3.8, 4) is 11.5 Å². The molecule has 2 heterocycles. The zero-order chi connectivity index (χ0) is 16.2. The highest BCUT2D eigenvalue weighted by Gasteiger charge is 2.29. The summed E-state index contributed by atoms with van der Waals surface area (Å²) in [5.41, 5.74) is 8.33. The Hall–Kier alpha value is -1.89. The van der Waals surface area contributed by atoms with Crippen molar-refractivity contribution in [3.05, 3.63) is 41.8 Å². The van der Waals surface area contributed by atoms with Crippen molar-refractivity contribution in [3.63, 3.8) is 0 Å². The molecule has 130 valence electrons. The van der Waals surface area contributed by atoms with Crippen molar-refractivity contribution in [1.82, 2.24) is 10.3 Å². The van der Waals surface area contributed by atoms with Crippen LogP contribution in [0.15, 0.2) is 34.9 Å². The molecule has 1 aromatic heterocycles. The predicted molar refractivity (Wildman–Crippen MR) is 92.7 cm³/mol. The molecule has 1 aliphatic rings. The monoisotopic (exact) mass is 351 g/mol. The summed E-state index contributed by atoms with van der Waals surface area (Å²) in [5.74, 6) is 0.426. The van der Waals surface area contributed by atoms with Crippen LogP contribution in [-0.2, 0) is 16.1 Å². The number of aromatic nitrogens is 1. The minimum Gasteiger partial charge on any atom is -0.444 e. The maximum atomic E-state index is 12.1. The summed E-state index contributed by atoms with van der Waals surface area (Å²) in [5, 5.41) is 2.83. The van der Waals surface area contributed by atoms with E-state index in [1.165, 1.54) is 5.56 Å². The van der Waals surface area contributed by atoms with E-state index >= 15 is 0 Å². The van der Waals surface area contributed by atoms with Crippen LogP contribution < -0.4 is 11.1 Å². The molecule has 2 aromatic rings. The lowest BCUT2D eigenvalue weighted by Gasteiger charge is -2.11. The first-order chi connectivity index (χ1) is 11.2. The largest absolute Gasteiger partial charge is 0.444 e. The summed E-state index contributed by atoms with van der Waals surface area (Å²) in [6, 6.07) is 7.93. The summed E-state index contributed by atoms with van der Waals surface area (Å²) in [6.07, 6.45) is 2.68. The van der Waals surface area contributed by atoms with E-state index in [9.17, 15) is 4.79 Å². The smallest absolute Gasteiger partial charge is 0.249 e. The third-order valence-corrected chi connectivity index (χ3v) is 3.96. The minimum absolute atomic E-state index is 0. The number of hydrogen-bond acceptors (Lipinski definition) is 5. The third kappa shape index (κ3) is 4.35. The number of aryl methyl sites for hydroxylation is 1. The number of hydrogen-bond donors (Lipinski definition) is 2. The van der Waals surface area contributed by atoms with Gasteiger partial charge in [0, 0.05) is 12.1 Å². The number of nitrogens with zero attached hydrogens (tertiary/aromatic N) is 1. The number of nitrogens with two attached hydrogens (primary N) is 1. The summed E-state index contributed by atoms with van der Waals surface area (Å²) in [7, 11) is 0. The first-order valence-electron chi connectivity index (χ1n) is 7.80. The highest BCUT2D eigenvalue weighted by atomic mass is 35.5. The van der Waals surface area contributed by atoms with Crippen molar-refractivity contribution in [2.45, 2.75) is 38.5 Å². The van der Waals surface area contributed by atoms with Gasteiger partial charge in [0.05, 0.1) is 18.3 Å². The molecular formula is C17H22ClN3O3. The second-order valence-corrected chi connectivity index (χ2v) is 5.79. The number of oxazole rings is 1. The summed E-state index contributed by atoms with van der Waals surface area (Å²) < 4.78 is 11.0. The summed E-state index contributed by atoms with van der Waals surface area (Å²) >= 11 is 0.